The third kappa shape index (κ3) is 3.46. The smallest absolute Gasteiger partial charge is 0.228 e. The van der Waals surface area contributed by atoms with E-state index in [0.717, 1.165) is 25.7 Å². The first-order valence-corrected chi connectivity index (χ1v) is 6.08. The predicted octanol–water partition coefficient (Wildman–Crippen LogP) is 0.652. The fourth-order valence-electron chi connectivity index (χ4n) is 1.98. The summed E-state index contributed by atoms with van der Waals surface area (Å²) in [4.78, 5) is 11.8. The molecule has 0 saturated heterocycles. The molecule has 0 heterocycles. The van der Waals surface area contributed by atoms with Crippen molar-refractivity contribution in [1.29, 1.82) is 0 Å². The Morgan fingerprint density at radius 3 is 2.19 bits per heavy atom. The number of carbonyl (C=O) groups excluding carboxylic acids is 1. The van der Waals surface area contributed by atoms with Crippen LogP contribution in [0.15, 0.2) is 0 Å². The van der Waals surface area contributed by atoms with Gasteiger partial charge in [0.2, 0.25) is 5.91 Å². The van der Waals surface area contributed by atoms with Gasteiger partial charge in [-0.15, -0.1) is 0 Å². The quantitative estimate of drug-likeness (QED) is 0.662. The van der Waals surface area contributed by atoms with Gasteiger partial charge in [-0.05, 0) is 46.6 Å². The number of hydrogen-bond donors (Lipinski definition) is 3. The zero-order valence-corrected chi connectivity index (χ0v) is 10.5. The topological polar surface area (TPSA) is 61.4 Å². The van der Waals surface area contributed by atoms with Gasteiger partial charge in [0.1, 0.15) is 0 Å². The van der Waals surface area contributed by atoms with Gasteiger partial charge in [0.05, 0.1) is 12.0 Å². The van der Waals surface area contributed by atoms with Crippen LogP contribution in [0, 0.1) is 5.41 Å². The average molecular weight is 228 g/mol. The minimum absolute atomic E-state index is 0.0390. The second-order valence-electron chi connectivity index (χ2n) is 5.35. The molecule has 0 bridgehead atoms. The molecule has 1 fully saturated rings. The molecule has 1 aliphatic rings. The third-order valence-corrected chi connectivity index (χ3v) is 3.48. The normalized spacial score (nSPS) is 26.5. The molecule has 0 aliphatic heterocycles. The van der Waals surface area contributed by atoms with Crippen LogP contribution < -0.4 is 10.6 Å². The molecule has 1 amide bonds. The van der Waals surface area contributed by atoms with E-state index < -0.39 is 5.41 Å². The Labute approximate surface area is 97.8 Å². The number of carbonyl (C=O) groups is 1. The summed E-state index contributed by atoms with van der Waals surface area (Å²) >= 11 is 0. The van der Waals surface area contributed by atoms with Gasteiger partial charge in [0.15, 0.2) is 0 Å². The number of amides is 1. The van der Waals surface area contributed by atoms with Gasteiger partial charge >= 0.3 is 0 Å². The summed E-state index contributed by atoms with van der Waals surface area (Å²) in [5.74, 6) is -0.0390. The number of aliphatic hydroxyl groups is 1. The third-order valence-electron chi connectivity index (χ3n) is 3.48. The summed E-state index contributed by atoms with van der Waals surface area (Å²) in [5, 5.41) is 15.4. The van der Waals surface area contributed by atoms with Crippen LogP contribution in [-0.2, 0) is 4.79 Å². The molecular weight excluding hydrogens is 204 g/mol. The summed E-state index contributed by atoms with van der Waals surface area (Å²) in [6, 6.07) is 0.877. The Hall–Kier alpha value is -0.610. The van der Waals surface area contributed by atoms with Crippen molar-refractivity contribution < 1.29 is 9.90 Å². The zero-order chi connectivity index (χ0) is 12.2. The molecule has 0 atom stereocenters. The van der Waals surface area contributed by atoms with Crippen LogP contribution in [0.2, 0.25) is 0 Å². The molecular formula is C12H24N2O2. The highest BCUT2D eigenvalue weighted by Gasteiger charge is 2.29. The van der Waals surface area contributed by atoms with Crippen LogP contribution in [0.5, 0.6) is 0 Å². The molecule has 0 aromatic rings. The van der Waals surface area contributed by atoms with Crippen LogP contribution in [0.4, 0.5) is 0 Å². The number of rotatable bonds is 4. The fraction of sp³-hybridized carbons (Fsp3) is 0.917. The largest absolute Gasteiger partial charge is 0.395 e. The molecule has 1 aliphatic carbocycles. The van der Waals surface area contributed by atoms with Crippen molar-refractivity contribution in [2.75, 3.05) is 13.7 Å². The van der Waals surface area contributed by atoms with Crippen LogP contribution in [0.3, 0.4) is 0 Å². The Kier molecular flexibility index (Phi) is 4.74. The van der Waals surface area contributed by atoms with Crippen LogP contribution >= 0.6 is 0 Å². The summed E-state index contributed by atoms with van der Waals surface area (Å²) < 4.78 is 0. The number of hydrogen-bond acceptors (Lipinski definition) is 3. The second kappa shape index (κ2) is 5.64. The van der Waals surface area contributed by atoms with Gasteiger partial charge in [-0.1, -0.05) is 0 Å². The molecule has 0 aromatic heterocycles. The Bertz CT molecular complexity index is 233. The number of aliphatic hydroxyl groups excluding tert-OH is 1. The van der Waals surface area contributed by atoms with Gasteiger partial charge in [-0.25, -0.2) is 0 Å². The molecule has 0 radical (unpaired) electrons. The van der Waals surface area contributed by atoms with Crippen molar-refractivity contribution in [3.8, 4) is 0 Å². The maximum absolute atomic E-state index is 11.8. The Morgan fingerprint density at radius 1 is 1.25 bits per heavy atom. The second-order valence-corrected chi connectivity index (χ2v) is 5.35. The maximum Gasteiger partial charge on any atom is 0.228 e. The monoisotopic (exact) mass is 228 g/mol. The highest BCUT2D eigenvalue weighted by Crippen LogP contribution is 2.20. The van der Waals surface area contributed by atoms with Crippen LogP contribution in [-0.4, -0.2) is 36.8 Å². The van der Waals surface area contributed by atoms with Crippen LogP contribution in [0.1, 0.15) is 39.5 Å². The van der Waals surface area contributed by atoms with Crippen molar-refractivity contribution in [3.05, 3.63) is 0 Å². The SMILES string of the molecule is CN[C@H]1CC[C@@H](NC(=O)C(C)(C)CO)CC1. The summed E-state index contributed by atoms with van der Waals surface area (Å²) in [6.45, 7) is 3.42. The van der Waals surface area contributed by atoms with Crippen molar-refractivity contribution in [1.82, 2.24) is 10.6 Å². The minimum atomic E-state index is -0.667. The molecule has 0 unspecified atom stereocenters. The van der Waals surface area contributed by atoms with Crippen LogP contribution in [0.25, 0.3) is 0 Å². The van der Waals surface area contributed by atoms with Crippen molar-refractivity contribution >= 4 is 5.91 Å². The molecule has 3 N–H and O–H groups in total. The molecule has 4 heteroatoms. The average Bonchev–Trinajstić information content (AvgIpc) is 2.30. The van der Waals surface area contributed by atoms with E-state index in [-0.39, 0.29) is 18.6 Å². The molecule has 1 saturated carbocycles. The van der Waals surface area contributed by atoms with Gasteiger partial charge in [-0.3, -0.25) is 4.79 Å². The fourth-order valence-corrected chi connectivity index (χ4v) is 1.98. The van der Waals surface area contributed by atoms with E-state index in [4.69, 9.17) is 5.11 Å². The standard InChI is InChI=1S/C12H24N2O2/c1-12(2,8-15)11(16)14-10-6-4-9(13-3)5-7-10/h9-10,13,15H,4-8H2,1-3H3,(H,14,16)/t9-,10+. The minimum Gasteiger partial charge on any atom is -0.395 e. The van der Waals surface area contributed by atoms with E-state index in [1.54, 1.807) is 13.8 Å². The first-order chi connectivity index (χ1) is 7.49. The van der Waals surface area contributed by atoms with Crippen molar-refractivity contribution in [3.63, 3.8) is 0 Å². The molecule has 0 spiro atoms. The molecule has 4 nitrogen and oxygen atoms in total. The first kappa shape index (κ1) is 13.5. The van der Waals surface area contributed by atoms with E-state index in [9.17, 15) is 4.79 Å². The first-order valence-electron chi connectivity index (χ1n) is 6.08. The predicted molar refractivity (Wildman–Crippen MR) is 64.1 cm³/mol. The van der Waals surface area contributed by atoms with Gasteiger partial charge in [-0.2, -0.15) is 0 Å². The van der Waals surface area contributed by atoms with E-state index >= 15 is 0 Å². The summed E-state index contributed by atoms with van der Waals surface area (Å²) in [6.07, 6.45) is 4.28. The van der Waals surface area contributed by atoms with E-state index in [1.807, 2.05) is 7.05 Å². The lowest BCUT2D eigenvalue weighted by atomic mass is 9.89. The highest BCUT2D eigenvalue weighted by molar-refractivity contribution is 5.82. The van der Waals surface area contributed by atoms with Crippen molar-refractivity contribution in [2.45, 2.75) is 51.6 Å². The maximum atomic E-state index is 11.8. The summed E-state index contributed by atoms with van der Waals surface area (Å²) in [7, 11) is 1.98. The lowest BCUT2D eigenvalue weighted by Crippen LogP contribution is -2.47. The van der Waals surface area contributed by atoms with Crippen molar-refractivity contribution in [2.24, 2.45) is 5.41 Å². The number of nitrogens with one attached hydrogen (secondary N) is 2. The van der Waals surface area contributed by atoms with Gasteiger partial charge < -0.3 is 15.7 Å². The van der Waals surface area contributed by atoms with Gasteiger partial charge in [0, 0.05) is 12.1 Å². The molecule has 16 heavy (non-hydrogen) atoms. The lowest BCUT2D eigenvalue weighted by Gasteiger charge is -2.31. The molecule has 0 aromatic carbocycles. The summed E-state index contributed by atoms with van der Waals surface area (Å²) in [5.41, 5.74) is -0.667. The lowest BCUT2D eigenvalue weighted by molar-refractivity contribution is -0.132. The van der Waals surface area contributed by atoms with E-state index in [2.05, 4.69) is 10.6 Å². The highest BCUT2D eigenvalue weighted by atomic mass is 16.3. The Morgan fingerprint density at radius 2 is 1.75 bits per heavy atom. The molecule has 1 rings (SSSR count). The van der Waals surface area contributed by atoms with Gasteiger partial charge in [0.25, 0.3) is 0 Å². The zero-order valence-electron chi connectivity index (χ0n) is 10.5. The van der Waals surface area contributed by atoms with E-state index in [0.29, 0.717) is 6.04 Å². The Balaban J connectivity index is 2.36. The molecule has 94 valence electrons. The van der Waals surface area contributed by atoms with E-state index in [1.165, 1.54) is 0 Å².